The highest BCUT2D eigenvalue weighted by atomic mass is 32.1. The third-order valence-corrected chi connectivity index (χ3v) is 2.03. The maximum absolute atomic E-state index is 5.47. The lowest BCUT2D eigenvalue weighted by Crippen LogP contribution is -2.07. The van der Waals surface area contributed by atoms with Crippen LogP contribution in [0.3, 0.4) is 0 Å². The van der Waals surface area contributed by atoms with E-state index in [1.807, 2.05) is 12.1 Å². The molecule has 0 aliphatic heterocycles. The van der Waals surface area contributed by atoms with Crippen molar-refractivity contribution in [1.82, 2.24) is 14.8 Å². The van der Waals surface area contributed by atoms with Crippen molar-refractivity contribution >= 4 is 17.2 Å². The first-order valence-corrected chi connectivity index (χ1v) is 4.43. The summed E-state index contributed by atoms with van der Waals surface area (Å²) >= 11 is 4.84. The number of aromatic nitrogens is 3. The summed E-state index contributed by atoms with van der Waals surface area (Å²) in [6.45, 7) is 0. The quantitative estimate of drug-likeness (QED) is 0.738. The molecule has 0 fully saturated rings. The van der Waals surface area contributed by atoms with Gasteiger partial charge in [-0.1, -0.05) is 12.2 Å². The molecule has 0 aliphatic carbocycles. The Labute approximate surface area is 86.4 Å². The SMILES string of the molecule is NC(=S)c1cnn(-c2ccncc2)c1. The molecule has 0 saturated heterocycles. The molecule has 2 aromatic rings. The second kappa shape index (κ2) is 3.55. The average Bonchev–Trinajstić information content (AvgIpc) is 2.68. The molecule has 0 bridgehead atoms. The number of hydrogen-bond donors (Lipinski definition) is 1. The van der Waals surface area contributed by atoms with Gasteiger partial charge in [-0.15, -0.1) is 0 Å². The van der Waals surface area contributed by atoms with Gasteiger partial charge in [0.15, 0.2) is 0 Å². The highest BCUT2D eigenvalue weighted by Gasteiger charge is 2.01. The van der Waals surface area contributed by atoms with Crippen molar-refractivity contribution in [2.75, 3.05) is 0 Å². The van der Waals surface area contributed by atoms with Gasteiger partial charge in [0.05, 0.1) is 11.9 Å². The summed E-state index contributed by atoms with van der Waals surface area (Å²) in [5, 5.41) is 4.13. The maximum Gasteiger partial charge on any atom is 0.107 e. The normalized spacial score (nSPS) is 10.0. The Balaban J connectivity index is 2.39. The van der Waals surface area contributed by atoms with Crippen LogP contribution in [0.1, 0.15) is 5.56 Å². The van der Waals surface area contributed by atoms with E-state index < -0.39 is 0 Å². The van der Waals surface area contributed by atoms with E-state index in [9.17, 15) is 0 Å². The fourth-order valence-electron chi connectivity index (χ4n) is 1.09. The third-order valence-electron chi connectivity index (χ3n) is 1.79. The van der Waals surface area contributed by atoms with Crippen LogP contribution in [0.15, 0.2) is 36.9 Å². The van der Waals surface area contributed by atoms with Gasteiger partial charge >= 0.3 is 0 Å². The zero-order valence-corrected chi connectivity index (χ0v) is 8.11. The molecule has 2 N–H and O–H groups in total. The van der Waals surface area contributed by atoms with Crippen molar-refractivity contribution < 1.29 is 0 Å². The predicted molar refractivity (Wildman–Crippen MR) is 57.2 cm³/mol. The lowest BCUT2D eigenvalue weighted by Gasteiger charge is -1.98. The highest BCUT2D eigenvalue weighted by molar-refractivity contribution is 7.80. The van der Waals surface area contributed by atoms with Crippen molar-refractivity contribution in [3.05, 3.63) is 42.5 Å². The number of nitrogens with zero attached hydrogens (tertiary/aromatic N) is 3. The first kappa shape index (κ1) is 8.83. The van der Waals surface area contributed by atoms with Crippen LogP contribution in [0, 0.1) is 0 Å². The molecule has 0 spiro atoms. The molecular weight excluding hydrogens is 196 g/mol. The maximum atomic E-state index is 5.47. The van der Waals surface area contributed by atoms with E-state index in [0.29, 0.717) is 4.99 Å². The Hall–Kier alpha value is -1.75. The number of thiocarbonyl (C=S) groups is 1. The summed E-state index contributed by atoms with van der Waals surface area (Å²) in [5.74, 6) is 0. The second-order valence-corrected chi connectivity index (χ2v) is 3.18. The number of rotatable bonds is 2. The van der Waals surface area contributed by atoms with Gasteiger partial charge in [0, 0.05) is 24.2 Å². The minimum atomic E-state index is 0.352. The summed E-state index contributed by atoms with van der Waals surface area (Å²) in [6, 6.07) is 3.71. The molecular formula is C9H8N4S. The van der Waals surface area contributed by atoms with Crippen molar-refractivity contribution in [2.45, 2.75) is 0 Å². The second-order valence-electron chi connectivity index (χ2n) is 2.74. The zero-order valence-electron chi connectivity index (χ0n) is 7.29. The van der Waals surface area contributed by atoms with Crippen LogP contribution in [0.2, 0.25) is 0 Å². The smallest absolute Gasteiger partial charge is 0.107 e. The Morgan fingerprint density at radius 2 is 2.07 bits per heavy atom. The van der Waals surface area contributed by atoms with Crippen molar-refractivity contribution in [1.29, 1.82) is 0 Å². The lowest BCUT2D eigenvalue weighted by atomic mass is 10.3. The van der Waals surface area contributed by atoms with Gasteiger partial charge in [0.25, 0.3) is 0 Å². The van der Waals surface area contributed by atoms with E-state index in [1.54, 1.807) is 29.5 Å². The molecule has 0 saturated carbocycles. The van der Waals surface area contributed by atoms with Crippen LogP contribution in [0.25, 0.3) is 5.69 Å². The van der Waals surface area contributed by atoms with Gasteiger partial charge in [-0.3, -0.25) is 4.98 Å². The molecule has 0 aliphatic rings. The minimum absolute atomic E-state index is 0.352. The molecule has 14 heavy (non-hydrogen) atoms. The Kier molecular flexibility index (Phi) is 2.24. The van der Waals surface area contributed by atoms with E-state index in [4.69, 9.17) is 18.0 Å². The van der Waals surface area contributed by atoms with Crippen LogP contribution in [0.4, 0.5) is 0 Å². The Morgan fingerprint density at radius 3 is 2.64 bits per heavy atom. The molecule has 0 atom stereocenters. The number of pyridine rings is 1. The van der Waals surface area contributed by atoms with Crippen LogP contribution in [0.5, 0.6) is 0 Å². The zero-order chi connectivity index (χ0) is 9.97. The molecule has 4 nitrogen and oxygen atoms in total. The lowest BCUT2D eigenvalue weighted by molar-refractivity contribution is 0.877. The van der Waals surface area contributed by atoms with E-state index >= 15 is 0 Å². The molecule has 0 unspecified atom stereocenters. The molecule has 0 amide bonds. The van der Waals surface area contributed by atoms with Crippen LogP contribution in [-0.4, -0.2) is 19.8 Å². The van der Waals surface area contributed by atoms with Gasteiger partial charge in [-0.25, -0.2) is 4.68 Å². The monoisotopic (exact) mass is 204 g/mol. The molecule has 5 heteroatoms. The van der Waals surface area contributed by atoms with E-state index in [1.165, 1.54) is 0 Å². The Morgan fingerprint density at radius 1 is 1.36 bits per heavy atom. The van der Waals surface area contributed by atoms with E-state index in [-0.39, 0.29) is 0 Å². The standard InChI is InChI=1S/C9H8N4S/c10-9(14)7-5-12-13(6-7)8-1-3-11-4-2-8/h1-6H,(H2,10,14). The molecule has 0 aromatic carbocycles. The number of hydrogen-bond acceptors (Lipinski definition) is 3. The van der Waals surface area contributed by atoms with Crippen molar-refractivity contribution in [3.8, 4) is 5.69 Å². The summed E-state index contributed by atoms with van der Waals surface area (Å²) in [4.78, 5) is 4.27. The van der Waals surface area contributed by atoms with Crippen molar-refractivity contribution in [3.63, 3.8) is 0 Å². The molecule has 2 heterocycles. The summed E-state index contributed by atoms with van der Waals surface area (Å²) < 4.78 is 1.70. The summed E-state index contributed by atoms with van der Waals surface area (Å²) in [6.07, 6.45) is 6.84. The predicted octanol–water partition coefficient (Wildman–Crippen LogP) is 0.902. The van der Waals surface area contributed by atoms with Crippen molar-refractivity contribution in [2.24, 2.45) is 5.73 Å². The molecule has 2 aromatic heterocycles. The first-order chi connectivity index (χ1) is 6.77. The molecule has 0 radical (unpaired) electrons. The van der Waals surface area contributed by atoms with Gasteiger partial charge in [0.1, 0.15) is 4.99 Å². The number of nitrogens with two attached hydrogens (primary N) is 1. The highest BCUT2D eigenvalue weighted by Crippen LogP contribution is 2.06. The average molecular weight is 204 g/mol. The fourth-order valence-corrected chi connectivity index (χ4v) is 1.19. The first-order valence-electron chi connectivity index (χ1n) is 4.02. The van der Waals surface area contributed by atoms with Gasteiger partial charge in [0.2, 0.25) is 0 Å². The van der Waals surface area contributed by atoms with Crippen LogP contribution in [-0.2, 0) is 0 Å². The van der Waals surface area contributed by atoms with Gasteiger partial charge in [-0.2, -0.15) is 5.10 Å². The van der Waals surface area contributed by atoms with E-state index in [2.05, 4.69) is 10.1 Å². The van der Waals surface area contributed by atoms with E-state index in [0.717, 1.165) is 11.3 Å². The van der Waals surface area contributed by atoms with Gasteiger partial charge < -0.3 is 5.73 Å². The fraction of sp³-hybridized carbons (Fsp3) is 0. The largest absolute Gasteiger partial charge is 0.389 e. The summed E-state index contributed by atoms with van der Waals surface area (Å²) in [7, 11) is 0. The Bertz CT molecular complexity index is 449. The topological polar surface area (TPSA) is 56.7 Å². The van der Waals surface area contributed by atoms with Gasteiger partial charge in [-0.05, 0) is 12.1 Å². The third kappa shape index (κ3) is 1.62. The van der Waals surface area contributed by atoms with Crippen LogP contribution < -0.4 is 5.73 Å². The molecule has 70 valence electrons. The molecule has 2 rings (SSSR count). The minimum Gasteiger partial charge on any atom is -0.389 e. The summed E-state index contributed by atoms with van der Waals surface area (Å²) in [5.41, 5.74) is 7.16. The van der Waals surface area contributed by atoms with Crippen LogP contribution >= 0.6 is 12.2 Å².